The molecule has 0 bridgehead atoms. The summed E-state index contributed by atoms with van der Waals surface area (Å²) in [6, 6.07) is 8.49. The van der Waals surface area contributed by atoms with Crippen LogP contribution >= 0.6 is 0 Å². The number of aromatic nitrogens is 1. The van der Waals surface area contributed by atoms with Gasteiger partial charge < -0.3 is 4.98 Å². The summed E-state index contributed by atoms with van der Waals surface area (Å²) in [5, 5.41) is 1.30. The maximum absolute atomic E-state index is 3.51. The van der Waals surface area contributed by atoms with Crippen molar-refractivity contribution in [1.82, 2.24) is 4.98 Å². The molecular weight excluding hydrogens is 230 g/mol. The molecule has 1 heteroatoms. The third-order valence-corrected chi connectivity index (χ3v) is 4.59. The van der Waals surface area contributed by atoms with E-state index >= 15 is 0 Å². The Morgan fingerprint density at radius 3 is 2.42 bits per heavy atom. The van der Waals surface area contributed by atoms with Gasteiger partial charge in [-0.2, -0.15) is 0 Å². The van der Waals surface area contributed by atoms with Crippen molar-refractivity contribution in [1.29, 1.82) is 0 Å². The number of H-pyrrole nitrogens is 1. The second-order valence-electron chi connectivity index (χ2n) is 6.70. The van der Waals surface area contributed by atoms with Crippen molar-refractivity contribution in [3.63, 3.8) is 0 Å². The Bertz CT molecular complexity index is 679. The van der Waals surface area contributed by atoms with Gasteiger partial charge in [-0.25, -0.2) is 0 Å². The van der Waals surface area contributed by atoms with Crippen LogP contribution in [0.1, 0.15) is 39.0 Å². The van der Waals surface area contributed by atoms with Gasteiger partial charge in [0.15, 0.2) is 0 Å². The summed E-state index contributed by atoms with van der Waals surface area (Å²) >= 11 is 0. The monoisotopic (exact) mass is 251 g/mol. The molecule has 0 amide bonds. The number of nitrogens with one attached hydrogen (secondary N) is 1. The molecule has 3 rings (SSSR count). The zero-order chi connectivity index (χ0) is 13.7. The predicted octanol–water partition coefficient (Wildman–Crippen LogP) is 5.26. The van der Waals surface area contributed by atoms with Gasteiger partial charge in [-0.15, -0.1) is 0 Å². The molecule has 0 aliphatic heterocycles. The molecule has 1 N–H and O–H groups in total. The van der Waals surface area contributed by atoms with Gasteiger partial charge in [-0.3, -0.25) is 0 Å². The number of hydrogen-bond donors (Lipinski definition) is 1. The Morgan fingerprint density at radius 2 is 1.68 bits per heavy atom. The fraction of sp³-hybridized carbons (Fsp3) is 0.333. The Hall–Kier alpha value is -1.76. The van der Waals surface area contributed by atoms with Crippen LogP contribution in [-0.4, -0.2) is 4.98 Å². The predicted molar refractivity (Wildman–Crippen MR) is 83.9 cm³/mol. The summed E-state index contributed by atoms with van der Waals surface area (Å²) in [7, 11) is 0. The molecule has 98 valence electrons. The fourth-order valence-electron chi connectivity index (χ4n) is 2.56. The van der Waals surface area contributed by atoms with Gasteiger partial charge >= 0.3 is 0 Å². The molecule has 1 nitrogen and oxygen atoms in total. The second-order valence-corrected chi connectivity index (χ2v) is 6.70. The van der Waals surface area contributed by atoms with Gasteiger partial charge in [0.05, 0.1) is 0 Å². The number of aromatic amines is 1. The lowest BCUT2D eigenvalue weighted by molar-refractivity contribution is 0.230. The molecule has 1 aromatic heterocycles. The van der Waals surface area contributed by atoms with Crippen LogP contribution in [0, 0.1) is 10.8 Å². The number of benzene rings is 1. The van der Waals surface area contributed by atoms with Gasteiger partial charge in [0.1, 0.15) is 0 Å². The highest BCUT2D eigenvalue weighted by atomic mass is 14.7. The van der Waals surface area contributed by atoms with Gasteiger partial charge in [0, 0.05) is 27.6 Å². The van der Waals surface area contributed by atoms with Gasteiger partial charge in [0.2, 0.25) is 0 Å². The minimum absolute atomic E-state index is 0.0773. The molecule has 2 aromatic rings. The highest BCUT2D eigenvalue weighted by molar-refractivity contribution is 5.93. The van der Waals surface area contributed by atoms with Crippen LogP contribution < -0.4 is 0 Å². The van der Waals surface area contributed by atoms with Crippen molar-refractivity contribution in [2.24, 2.45) is 10.8 Å². The number of allylic oxidation sites excluding steroid dienone is 2. The van der Waals surface area contributed by atoms with E-state index in [1.165, 1.54) is 22.2 Å². The molecule has 0 radical (unpaired) electrons. The normalized spacial score (nSPS) is 22.5. The SMILES string of the molecule is CC(C)(C)C1(C)C=Cc2[nH]c3ccccc3c2C=C1. The van der Waals surface area contributed by atoms with Crippen LogP contribution in [0.25, 0.3) is 23.1 Å². The number of para-hydroxylation sites is 1. The van der Waals surface area contributed by atoms with E-state index < -0.39 is 0 Å². The van der Waals surface area contributed by atoms with Gasteiger partial charge in [-0.05, 0) is 17.6 Å². The molecule has 1 aromatic carbocycles. The molecule has 1 heterocycles. The van der Waals surface area contributed by atoms with E-state index in [9.17, 15) is 0 Å². The van der Waals surface area contributed by atoms with Crippen LogP contribution in [-0.2, 0) is 0 Å². The average molecular weight is 251 g/mol. The zero-order valence-electron chi connectivity index (χ0n) is 12.1. The molecule has 0 saturated carbocycles. The van der Waals surface area contributed by atoms with E-state index in [0.29, 0.717) is 0 Å². The van der Waals surface area contributed by atoms with E-state index in [-0.39, 0.29) is 10.8 Å². The standard InChI is InChI=1S/C18H21N/c1-17(2,3)18(4)11-9-14-13-7-5-6-8-15(13)19-16(14)10-12-18/h5-12,19H,1-4H3. The quantitative estimate of drug-likeness (QED) is 0.657. The third kappa shape index (κ3) is 1.85. The van der Waals surface area contributed by atoms with Crippen LogP contribution in [0.5, 0.6) is 0 Å². The van der Waals surface area contributed by atoms with Crippen molar-refractivity contribution in [3.8, 4) is 0 Å². The first kappa shape index (κ1) is 12.3. The van der Waals surface area contributed by atoms with Crippen LogP contribution in [0.3, 0.4) is 0 Å². The molecule has 1 unspecified atom stereocenters. The number of rotatable bonds is 0. The van der Waals surface area contributed by atoms with Crippen LogP contribution in [0.2, 0.25) is 0 Å². The van der Waals surface area contributed by atoms with Gasteiger partial charge in [-0.1, -0.05) is 64.1 Å². The molecule has 1 aliphatic rings. The minimum atomic E-state index is 0.0773. The highest BCUT2D eigenvalue weighted by Gasteiger charge is 2.33. The Morgan fingerprint density at radius 1 is 1.00 bits per heavy atom. The van der Waals surface area contributed by atoms with Crippen molar-refractivity contribution >= 4 is 23.1 Å². The first-order chi connectivity index (χ1) is 8.91. The van der Waals surface area contributed by atoms with Crippen molar-refractivity contribution in [3.05, 3.63) is 47.7 Å². The highest BCUT2D eigenvalue weighted by Crippen LogP contribution is 2.44. The maximum atomic E-state index is 3.51. The lowest BCUT2D eigenvalue weighted by Gasteiger charge is -2.36. The molecule has 0 fully saturated rings. The lowest BCUT2D eigenvalue weighted by atomic mass is 9.68. The number of fused-ring (bicyclic) bond motifs is 3. The topological polar surface area (TPSA) is 15.8 Å². The molecule has 0 spiro atoms. The maximum Gasteiger partial charge on any atom is 0.0464 e. The second kappa shape index (κ2) is 3.86. The fourth-order valence-corrected chi connectivity index (χ4v) is 2.56. The summed E-state index contributed by atoms with van der Waals surface area (Å²) in [5.74, 6) is 0. The number of hydrogen-bond acceptors (Lipinski definition) is 0. The van der Waals surface area contributed by atoms with Crippen molar-refractivity contribution in [2.45, 2.75) is 27.7 Å². The van der Waals surface area contributed by atoms with E-state index in [0.717, 1.165) is 0 Å². The molecule has 1 atom stereocenters. The van der Waals surface area contributed by atoms with Crippen molar-refractivity contribution in [2.75, 3.05) is 0 Å². The van der Waals surface area contributed by atoms with Crippen LogP contribution in [0.4, 0.5) is 0 Å². The smallest absolute Gasteiger partial charge is 0.0464 e. The first-order valence-corrected chi connectivity index (χ1v) is 6.90. The largest absolute Gasteiger partial charge is 0.355 e. The summed E-state index contributed by atoms with van der Waals surface area (Å²) in [4.78, 5) is 3.51. The molecule has 19 heavy (non-hydrogen) atoms. The lowest BCUT2D eigenvalue weighted by Crippen LogP contribution is -2.28. The van der Waals surface area contributed by atoms with E-state index in [1.54, 1.807) is 0 Å². The Balaban J connectivity index is 2.18. The summed E-state index contributed by atoms with van der Waals surface area (Å²) < 4.78 is 0. The van der Waals surface area contributed by atoms with Crippen molar-refractivity contribution < 1.29 is 0 Å². The van der Waals surface area contributed by atoms with Gasteiger partial charge in [0.25, 0.3) is 0 Å². The average Bonchev–Trinajstić information content (AvgIpc) is 2.61. The summed E-state index contributed by atoms with van der Waals surface area (Å²) in [6.45, 7) is 9.17. The molecule has 0 saturated heterocycles. The first-order valence-electron chi connectivity index (χ1n) is 6.90. The van der Waals surface area contributed by atoms with Crippen LogP contribution in [0.15, 0.2) is 36.4 Å². The molecule has 1 aliphatic carbocycles. The van der Waals surface area contributed by atoms with E-state index in [4.69, 9.17) is 0 Å². The summed E-state index contributed by atoms with van der Waals surface area (Å²) in [6.07, 6.45) is 9.18. The third-order valence-electron chi connectivity index (χ3n) is 4.59. The minimum Gasteiger partial charge on any atom is -0.355 e. The Labute approximate surface area is 115 Å². The Kier molecular flexibility index (Phi) is 2.50. The van der Waals surface area contributed by atoms with E-state index in [2.05, 4.69) is 81.2 Å². The molecular formula is C18H21N. The van der Waals surface area contributed by atoms with E-state index in [1.807, 2.05) is 0 Å². The summed E-state index contributed by atoms with van der Waals surface area (Å²) in [5.41, 5.74) is 4.01. The zero-order valence-corrected chi connectivity index (χ0v) is 12.1.